The van der Waals surface area contributed by atoms with E-state index in [-0.39, 0.29) is 11.8 Å². The molecule has 0 aliphatic heterocycles. The number of hydrogen-bond acceptors (Lipinski definition) is 3. The van der Waals surface area contributed by atoms with E-state index < -0.39 is 10.0 Å². The van der Waals surface area contributed by atoms with E-state index in [1.165, 1.54) is 18.4 Å². The van der Waals surface area contributed by atoms with Crippen LogP contribution in [0.1, 0.15) is 36.8 Å². The average Bonchev–Trinajstić information content (AvgIpc) is 3.28. The lowest BCUT2D eigenvalue weighted by atomic mass is 10.1. The maximum atomic E-state index is 12.3. The zero-order valence-corrected chi connectivity index (χ0v) is 12.7. The summed E-state index contributed by atoms with van der Waals surface area (Å²) < 4.78 is 26.1. The summed E-state index contributed by atoms with van der Waals surface area (Å²) in [6.07, 6.45) is 4.53. The highest BCUT2D eigenvalue weighted by Crippen LogP contribution is 2.28. The lowest BCUT2D eigenvalue weighted by Gasteiger charge is -2.16. The molecule has 0 heterocycles. The smallest absolute Gasteiger partial charge is 0.218 e. The van der Waals surface area contributed by atoms with Crippen molar-refractivity contribution in [1.82, 2.24) is 9.62 Å². The number of nitrogens with one attached hydrogen (secondary N) is 1. The van der Waals surface area contributed by atoms with Crippen LogP contribution in [0, 0.1) is 0 Å². The van der Waals surface area contributed by atoms with Gasteiger partial charge in [-0.25, -0.2) is 12.7 Å². The van der Waals surface area contributed by atoms with Crippen molar-refractivity contribution in [2.45, 2.75) is 50.1 Å². The van der Waals surface area contributed by atoms with Crippen LogP contribution < -0.4 is 5.32 Å². The SMILES string of the molecule is CN(C1CC1)S(=O)(=O)Cc1cccc(CNC2CC2)c1. The van der Waals surface area contributed by atoms with Crippen molar-refractivity contribution >= 4 is 10.0 Å². The van der Waals surface area contributed by atoms with E-state index in [2.05, 4.69) is 11.4 Å². The van der Waals surface area contributed by atoms with Gasteiger partial charge in [-0.15, -0.1) is 0 Å². The molecule has 0 radical (unpaired) electrons. The first-order valence-electron chi connectivity index (χ1n) is 7.31. The van der Waals surface area contributed by atoms with Crippen molar-refractivity contribution in [2.24, 2.45) is 0 Å². The van der Waals surface area contributed by atoms with Crippen LogP contribution in [-0.4, -0.2) is 31.9 Å². The summed E-state index contributed by atoms with van der Waals surface area (Å²) in [6, 6.07) is 8.82. The molecule has 0 atom stereocenters. The summed E-state index contributed by atoms with van der Waals surface area (Å²) in [5, 5.41) is 3.45. The van der Waals surface area contributed by atoms with Crippen LogP contribution in [0.5, 0.6) is 0 Å². The van der Waals surface area contributed by atoms with Crippen molar-refractivity contribution in [1.29, 1.82) is 0 Å². The predicted octanol–water partition coefficient (Wildman–Crippen LogP) is 1.86. The van der Waals surface area contributed by atoms with Crippen LogP contribution in [0.15, 0.2) is 24.3 Å². The lowest BCUT2D eigenvalue weighted by Crippen LogP contribution is -2.30. The van der Waals surface area contributed by atoms with E-state index >= 15 is 0 Å². The lowest BCUT2D eigenvalue weighted by molar-refractivity contribution is 0.463. The molecule has 0 spiro atoms. The summed E-state index contributed by atoms with van der Waals surface area (Å²) in [6.45, 7) is 0.830. The van der Waals surface area contributed by atoms with Crippen LogP contribution >= 0.6 is 0 Å². The molecule has 2 saturated carbocycles. The van der Waals surface area contributed by atoms with Gasteiger partial charge in [0.25, 0.3) is 0 Å². The summed E-state index contributed by atoms with van der Waals surface area (Å²) >= 11 is 0. The first kappa shape index (κ1) is 14.0. The molecule has 0 amide bonds. The van der Waals surface area contributed by atoms with Gasteiger partial charge in [-0.05, 0) is 36.8 Å². The Bertz CT molecular complexity index is 577. The molecule has 0 aromatic heterocycles. The van der Waals surface area contributed by atoms with Gasteiger partial charge in [0.05, 0.1) is 5.75 Å². The Hall–Kier alpha value is -0.910. The third-order valence-corrected chi connectivity index (χ3v) is 5.89. The van der Waals surface area contributed by atoms with Crippen LogP contribution in [-0.2, 0) is 22.3 Å². The normalized spacial score (nSPS) is 19.5. The number of benzene rings is 1. The van der Waals surface area contributed by atoms with Gasteiger partial charge in [-0.2, -0.15) is 0 Å². The molecule has 0 unspecified atom stereocenters. The van der Waals surface area contributed by atoms with Gasteiger partial charge in [0.2, 0.25) is 10.0 Å². The molecular weight excluding hydrogens is 272 g/mol. The molecule has 0 saturated heterocycles. The summed E-state index contributed by atoms with van der Waals surface area (Å²) in [5.74, 6) is 0.108. The van der Waals surface area contributed by atoms with Crippen LogP contribution in [0.25, 0.3) is 0 Å². The molecule has 2 fully saturated rings. The summed E-state index contributed by atoms with van der Waals surface area (Å²) in [5.41, 5.74) is 2.05. The highest BCUT2D eigenvalue weighted by Gasteiger charge is 2.33. The minimum absolute atomic E-state index is 0.108. The number of nitrogens with zero attached hydrogens (tertiary/aromatic N) is 1. The third-order valence-electron chi connectivity index (χ3n) is 4.01. The second-order valence-electron chi connectivity index (χ2n) is 5.98. The highest BCUT2D eigenvalue weighted by molar-refractivity contribution is 7.88. The molecule has 110 valence electrons. The average molecular weight is 294 g/mol. The van der Waals surface area contributed by atoms with Crippen molar-refractivity contribution in [3.05, 3.63) is 35.4 Å². The minimum atomic E-state index is -3.17. The molecule has 1 N–H and O–H groups in total. The highest BCUT2D eigenvalue weighted by atomic mass is 32.2. The number of rotatable bonds is 7. The number of hydrogen-bond donors (Lipinski definition) is 1. The molecular formula is C15H22N2O2S. The molecule has 20 heavy (non-hydrogen) atoms. The second-order valence-corrected chi connectivity index (χ2v) is 8.01. The molecule has 5 heteroatoms. The van der Waals surface area contributed by atoms with Gasteiger partial charge in [0.15, 0.2) is 0 Å². The van der Waals surface area contributed by atoms with Gasteiger partial charge >= 0.3 is 0 Å². The van der Waals surface area contributed by atoms with Crippen LogP contribution in [0.4, 0.5) is 0 Å². The predicted molar refractivity (Wildman–Crippen MR) is 79.7 cm³/mol. The minimum Gasteiger partial charge on any atom is -0.310 e. The monoisotopic (exact) mass is 294 g/mol. The largest absolute Gasteiger partial charge is 0.310 e. The van der Waals surface area contributed by atoms with Crippen molar-refractivity contribution < 1.29 is 8.42 Å². The molecule has 1 aromatic rings. The standard InChI is InChI=1S/C15H22N2O2S/c1-17(15-7-8-15)20(18,19)11-13-4-2-3-12(9-13)10-16-14-5-6-14/h2-4,9,14-16H,5-8,10-11H2,1H3. The first-order valence-corrected chi connectivity index (χ1v) is 8.92. The summed E-state index contributed by atoms with van der Waals surface area (Å²) in [4.78, 5) is 0. The van der Waals surface area contributed by atoms with E-state index in [1.807, 2.05) is 18.2 Å². The fourth-order valence-corrected chi connectivity index (χ4v) is 3.83. The van der Waals surface area contributed by atoms with E-state index in [1.54, 1.807) is 11.4 Å². The van der Waals surface area contributed by atoms with Gasteiger partial charge in [-0.1, -0.05) is 24.3 Å². The quantitative estimate of drug-likeness (QED) is 0.835. The fourth-order valence-electron chi connectivity index (χ4n) is 2.36. The van der Waals surface area contributed by atoms with Crippen LogP contribution in [0.2, 0.25) is 0 Å². The maximum absolute atomic E-state index is 12.3. The summed E-state index contributed by atoms with van der Waals surface area (Å²) in [7, 11) is -1.47. The third kappa shape index (κ3) is 3.59. The molecule has 3 rings (SSSR count). The van der Waals surface area contributed by atoms with Crippen molar-refractivity contribution in [2.75, 3.05) is 7.05 Å². The zero-order chi connectivity index (χ0) is 14.2. The van der Waals surface area contributed by atoms with E-state index in [9.17, 15) is 8.42 Å². The Morgan fingerprint density at radius 2 is 1.90 bits per heavy atom. The van der Waals surface area contributed by atoms with Crippen LogP contribution in [0.3, 0.4) is 0 Å². The zero-order valence-electron chi connectivity index (χ0n) is 11.9. The fraction of sp³-hybridized carbons (Fsp3) is 0.600. The number of sulfonamides is 1. The molecule has 1 aromatic carbocycles. The Morgan fingerprint density at radius 3 is 2.55 bits per heavy atom. The van der Waals surface area contributed by atoms with E-state index in [0.29, 0.717) is 6.04 Å². The molecule has 2 aliphatic rings. The van der Waals surface area contributed by atoms with Crippen molar-refractivity contribution in [3.8, 4) is 0 Å². The second kappa shape index (κ2) is 5.47. The molecule has 4 nitrogen and oxygen atoms in total. The Labute approximate surface area is 121 Å². The molecule has 0 bridgehead atoms. The Balaban J connectivity index is 1.64. The van der Waals surface area contributed by atoms with Crippen molar-refractivity contribution in [3.63, 3.8) is 0 Å². The van der Waals surface area contributed by atoms with E-state index in [0.717, 1.165) is 24.9 Å². The van der Waals surface area contributed by atoms with E-state index in [4.69, 9.17) is 0 Å². The maximum Gasteiger partial charge on any atom is 0.218 e. The Kier molecular flexibility index (Phi) is 3.84. The topological polar surface area (TPSA) is 49.4 Å². The Morgan fingerprint density at radius 1 is 1.20 bits per heavy atom. The van der Waals surface area contributed by atoms with Gasteiger partial charge < -0.3 is 5.32 Å². The van der Waals surface area contributed by atoms with Gasteiger partial charge in [-0.3, -0.25) is 0 Å². The first-order chi connectivity index (χ1) is 9.54. The molecule has 2 aliphatic carbocycles. The van der Waals surface area contributed by atoms with Gasteiger partial charge in [0, 0.05) is 25.7 Å². The van der Waals surface area contributed by atoms with Gasteiger partial charge in [0.1, 0.15) is 0 Å².